The number of morpholine rings is 1. The van der Waals surface area contributed by atoms with Crippen LogP contribution in [-0.2, 0) is 11.3 Å². The molecule has 0 amide bonds. The van der Waals surface area contributed by atoms with E-state index in [1.54, 1.807) is 11.8 Å². The van der Waals surface area contributed by atoms with Gasteiger partial charge in [-0.25, -0.2) is 22.0 Å². The van der Waals surface area contributed by atoms with E-state index in [9.17, 15) is 22.0 Å². The zero-order valence-electron chi connectivity index (χ0n) is 11.3. The third kappa shape index (κ3) is 3.17. The van der Waals surface area contributed by atoms with Crippen molar-refractivity contribution in [2.24, 2.45) is 5.73 Å². The van der Waals surface area contributed by atoms with Crippen LogP contribution in [0.3, 0.4) is 0 Å². The quantitative estimate of drug-likeness (QED) is 0.527. The monoisotopic (exact) mass is 310 g/mol. The van der Waals surface area contributed by atoms with Gasteiger partial charge in [0.15, 0.2) is 23.3 Å². The Kier molecular flexibility index (Phi) is 4.80. The lowest BCUT2D eigenvalue weighted by Crippen LogP contribution is -2.49. The first-order chi connectivity index (χ1) is 9.82. The van der Waals surface area contributed by atoms with E-state index in [4.69, 9.17) is 10.5 Å². The van der Waals surface area contributed by atoms with Crippen LogP contribution in [0, 0.1) is 29.1 Å². The molecule has 3 nitrogen and oxygen atoms in total. The molecular weight excluding hydrogens is 295 g/mol. The standard InChI is InChI=1S/C13H15F5N2O/c1-6(19)8-5-20(2-3-21-8)4-7-9(14)11(16)13(18)12(17)10(7)15/h6,8H,2-5,19H2,1H3. The number of rotatable bonds is 3. The maximum absolute atomic E-state index is 13.6. The van der Waals surface area contributed by atoms with Crippen LogP contribution in [0.5, 0.6) is 0 Å². The van der Waals surface area contributed by atoms with Gasteiger partial charge >= 0.3 is 0 Å². The molecule has 0 aliphatic carbocycles. The van der Waals surface area contributed by atoms with Gasteiger partial charge in [0.2, 0.25) is 5.82 Å². The first-order valence-electron chi connectivity index (χ1n) is 6.42. The number of benzene rings is 1. The summed E-state index contributed by atoms with van der Waals surface area (Å²) in [6, 6.07) is -0.302. The van der Waals surface area contributed by atoms with Crippen molar-refractivity contribution in [3.63, 3.8) is 0 Å². The number of hydrogen-bond donors (Lipinski definition) is 1. The topological polar surface area (TPSA) is 38.5 Å². The van der Waals surface area contributed by atoms with E-state index in [1.807, 2.05) is 0 Å². The summed E-state index contributed by atoms with van der Waals surface area (Å²) in [5, 5.41) is 0. The number of hydrogen-bond acceptors (Lipinski definition) is 3. The maximum Gasteiger partial charge on any atom is 0.200 e. The molecule has 1 aliphatic rings. The minimum Gasteiger partial charge on any atom is -0.374 e. The molecule has 21 heavy (non-hydrogen) atoms. The summed E-state index contributed by atoms with van der Waals surface area (Å²) >= 11 is 0. The molecule has 8 heteroatoms. The van der Waals surface area contributed by atoms with Crippen LogP contribution in [0.2, 0.25) is 0 Å². The molecule has 2 unspecified atom stereocenters. The largest absolute Gasteiger partial charge is 0.374 e. The highest BCUT2D eigenvalue weighted by Crippen LogP contribution is 2.24. The second-order valence-electron chi connectivity index (χ2n) is 5.05. The molecule has 0 bridgehead atoms. The average molecular weight is 310 g/mol. The second kappa shape index (κ2) is 6.25. The molecule has 0 radical (unpaired) electrons. The summed E-state index contributed by atoms with van der Waals surface area (Å²) in [5.41, 5.74) is 4.84. The highest BCUT2D eigenvalue weighted by Gasteiger charge is 2.29. The van der Waals surface area contributed by atoms with Crippen LogP contribution in [0.15, 0.2) is 0 Å². The molecule has 1 heterocycles. The van der Waals surface area contributed by atoms with Gasteiger partial charge in [0.1, 0.15) is 0 Å². The third-order valence-electron chi connectivity index (χ3n) is 3.45. The smallest absolute Gasteiger partial charge is 0.200 e. The van der Waals surface area contributed by atoms with Gasteiger partial charge in [-0.15, -0.1) is 0 Å². The molecule has 1 aliphatic heterocycles. The molecule has 1 fully saturated rings. The van der Waals surface area contributed by atoms with Crippen LogP contribution in [0.1, 0.15) is 12.5 Å². The Morgan fingerprint density at radius 1 is 1.10 bits per heavy atom. The van der Waals surface area contributed by atoms with Crippen molar-refractivity contribution in [2.45, 2.75) is 25.6 Å². The minimum absolute atomic E-state index is 0.261. The molecular formula is C13H15F5N2O. The van der Waals surface area contributed by atoms with Crippen molar-refractivity contribution in [3.05, 3.63) is 34.6 Å². The lowest BCUT2D eigenvalue weighted by molar-refractivity contribution is -0.0410. The number of nitrogens with two attached hydrogens (primary N) is 1. The Morgan fingerprint density at radius 3 is 2.14 bits per heavy atom. The van der Waals surface area contributed by atoms with E-state index in [0.717, 1.165) is 0 Å². The third-order valence-corrected chi connectivity index (χ3v) is 3.45. The molecule has 1 aromatic rings. The van der Waals surface area contributed by atoms with Gasteiger partial charge in [0.05, 0.1) is 12.7 Å². The van der Waals surface area contributed by atoms with E-state index in [2.05, 4.69) is 0 Å². The Morgan fingerprint density at radius 2 is 1.62 bits per heavy atom. The Bertz CT molecular complexity index is 509. The number of halogens is 5. The average Bonchev–Trinajstić information content (AvgIpc) is 2.48. The van der Waals surface area contributed by atoms with Crippen LogP contribution in [-0.4, -0.2) is 36.7 Å². The van der Waals surface area contributed by atoms with Gasteiger partial charge < -0.3 is 10.5 Å². The predicted octanol–water partition coefficient (Wildman–Crippen LogP) is 1.93. The molecule has 2 rings (SSSR count). The number of ether oxygens (including phenoxy) is 1. The normalized spacial score (nSPS) is 21.6. The van der Waals surface area contributed by atoms with E-state index < -0.39 is 41.2 Å². The molecule has 1 aromatic carbocycles. The second-order valence-corrected chi connectivity index (χ2v) is 5.05. The molecule has 0 saturated carbocycles. The fourth-order valence-corrected chi connectivity index (χ4v) is 2.21. The summed E-state index contributed by atoms with van der Waals surface area (Å²) in [6.07, 6.45) is -0.347. The highest BCUT2D eigenvalue weighted by molar-refractivity contribution is 5.24. The van der Waals surface area contributed by atoms with Crippen LogP contribution in [0.4, 0.5) is 22.0 Å². The van der Waals surface area contributed by atoms with Gasteiger partial charge in [-0.1, -0.05) is 0 Å². The van der Waals surface area contributed by atoms with Crippen molar-refractivity contribution in [1.29, 1.82) is 0 Å². The van der Waals surface area contributed by atoms with Gasteiger partial charge in [0.25, 0.3) is 0 Å². The van der Waals surface area contributed by atoms with Crippen LogP contribution in [0.25, 0.3) is 0 Å². The lowest BCUT2D eigenvalue weighted by Gasteiger charge is -2.34. The van der Waals surface area contributed by atoms with Gasteiger partial charge in [-0.3, -0.25) is 4.90 Å². The van der Waals surface area contributed by atoms with Crippen molar-refractivity contribution in [1.82, 2.24) is 4.90 Å². The lowest BCUT2D eigenvalue weighted by atomic mass is 10.1. The van der Waals surface area contributed by atoms with Gasteiger partial charge in [-0.05, 0) is 6.92 Å². The summed E-state index contributed by atoms with van der Waals surface area (Å²) in [5.74, 6) is -9.60. The zero-order chi connectivity index (χ0) is 15.7. The Labute approximate surface area is 118 Å². The van der Waals surface area contributed by atoms with Crippen LogP contribution >= 0.6 is 0 Å². The predicted molar refractivity (Wildman–Crippen MR) is 64.9 cm³/mol. The molecule has 0 aromatic heterocycles. The van der Waals surface area contributed by atoms with E-state index in [0.29, 0.717) is 6.54 Å². The summed E-state index contributed by atoms with van der Waals surface area (Å²) in [6.45, 7) is 2.19. The fourth-order valence-electron chi connectivity index (χ4n) is 2.21. The molecule has 2 atom stereocenters. The maximum atomic E-state index is 13.6. The SMILES string of the molecule is CC(N)C1CN(Cc2c(F)c(F)c(F)c(F)c2F)CCO1. The fraction of sp³-hybridized carbons (Fsp3) is 0.538. The minimum atomic E-state index is -2.15. The molecule has 2 N–H and O–H groups in total. The Hall–Kier alpha value is -1.25. The summed E-state index contributed by atoms with van der Waals surface area (Å²) < 4.78 is 71.8. The van der Waals surface area contributed by atoms with Gasteiger partial charge in [0, 0.05) is 31.2 Å². The highest BCUT2D eigenvalue weighted by atomic mass is 19.2. The number of nitrogens with zero attached hydrogens (tertiary/aromatic N) is 1. The van der Waals surface area contributed by atoms with Crippen LogP contribution < -0.4 is 5.73 Å². The van der Waals surface area contributed by atoms with E-state index in [1.165, 1.54) is 0 Å². The molecule has 118 valence electrons. The summed E-state index contributed by atoms with van der Waals surface area (Å²) in [7, 11) is 0. The molecule has 0 spiro atoms. The van der Waals surface area contributed by atoms with Crippen molar-refractivity contribution >= 4 is 0 Å². The molecule has 1 saturated heterocycles. The first-order valence-corrected chi connectivity index (χ1v) is 6.42. The van der Waals surface area contributed by atoms with Crippen molar-refractivity contribution in [3.8, 4) is 0 Å². The zero-order valence-corrected chi connectivity index (χ0v) is 11.3. The summed E-state index contributed by atoms with van der Waals surface area (Å²) in [4.78, 5) is 1.55. The van der Waals surface area contributed by atoms with E-state index >= 15 is 0 Å². The Balaban J connectivity index is 2.24. The van der Waals surface area contributed by atoms with Crippen molar-refractivity contribution in [2.75, 3.05) is 19.7 Å². The first kappa shape index (κ1) is 16.1. The van der Waals surface area contributed by atoms with Gasteiger partial charge in [-0.2, -0.15) is 0 Å². The van der Waals surface area contributed by atoms with E-state index in [-0.39, 0.29) is 25.3 Å². The van der Waals surface area contributed by atoms with Crippen molar-refractivity contribution < 1.29 is 26.7 Å².